The van der Waals surface area contributed by atoms with Gasteiger partial charge in [0.05, 0.1) is 11.9 Å². The zero-order valence-corrected chi connectivity index (χ0v) is 23.4. The number of carboxylic acid groups (broad SMARTS) is 2. The van der Waals surface area contributed by atoms with Gasteiger partial charge in [-0.25, -0.2) is 0 Å². The first-order valence-electron chi connectivity index (χ1n) is 12.1. The minimum atomic E-state index is -1.09. The molecule has 0 atom stereocenters. The largest absolute Gasteiger partial charge is 2.00 e. The second-order valence-corrected chi connectivity index (χ2v) is 8.30. The molecule has 0 heterocycles. The van der Waals surface area contributed by atoms with Gasteiger partial charge in [-0.3, -0.25) is 0 Å². The molecule has 0 aliphatic carbocycles. The molecule has 0 aromatic heterocycles. The third-order valence-electron chi connectivity index (χ3n) is 5.46. The molecule has 2 aromatic rings. The molecular formula is C28H38O4Zn. The van der Waals surface area contributed by atoms with Gasteiger partial charge in [0, 0.05) is 0 Å². The molecule has 0 spiro atoms. The monoisotopic (exact) mass is 502 g/mol. The molecule has 0 aliphatic heterocycles. The predicted octanol–water partition coefficient (Wildman–Crippen LogP) is 5.12. The van der Waals surface area contributed by atoms with E-state index >= 15 is 0 Å². The normalized spacial score (nSPS) is 10.0. The van der Waals surface area contributed by atoms with E-state index < -0.39 is 11.9 Å². The Morgan fingerprint density at radius 2 is 0.970 bits per heavy atom. The maximum Gasteiger partial charge on any atom is 2.00 e. The van der Waals surface area contributed by atoms with Crippen molar-refractivity contribution in [2.75, 3.05) is 0 Å². The van der Waals surface area contributed by atoms with Crippen LogP contribution in [0.15, 0.2) is 48.5 Å². The quantitative estimate of drug-likeness (QED) is 0.264. The fraction of sp³-hybridized carbons (Fsp3) is 0.500. The number of aromatic carboxylic acids is 2. The summed E-state index contributed by atoms with van der Waals surface area (Å²) in [5.41, 5.74) is 2.76. The third-order valence-corrected chi connectivity index (χ3v) is 5.46. The zero-order chi connectivity index (χ0) is 23.6. The number of benzene rings is 2. The first-order chi connectivity index (χ1) is 15.5. The number of hydrogen-bond acceptors (Lipinski definition) is 4. The number of rotatable bonds is 14. The molecule has 176 valence electrons. The van der Waals surface area contributed by atoms with Crippen molar-refractivity contribution in [2.24, 2.45) is 0 Å². The number of unbranched alkanes of at least 4 members (excludes halogenated alkanes) is 8. The van der Waals surface area contributed by atoms with Crippen LogP contribution in [0.2, 0.25) is 0 Å². The summed E-state index contributed by atoms with van der Waals surface area (Å²) in [6, 6.07) is 14.1. The summed E-state index contributed by atoms with van der Waals surface area (Å²) in [7, 11) is 0. The minimum Gasteiger partial charge on any atom is -0.545 e. The first kappa shape index (κ1) is 31.0. The molecular weight excluding hydrogens is 466 g/mol. The molecule has 0 bridgehead atoms. The van der Waals surface area contributed by atoms with Crippen LogP contribution in [0.4, 0.5) is 0 Å². The van der Waals surface area contributed by atoms with Gasteiger partial charge in [-0.05, 0) is 60.1 Å². The molecule has 5 heteroatoms. The van der Waals surface area contributed by atoms with Crippen LogP contribution in [0, 0.1) is 0 Å². The Morgan fingerprint density at radius 1 is 0.606 bits per heavy atom. The van der Waals surface area contributed by atoms with Crippen LogP contribution in [0.5, 0.6) is 0 Å². The van der Waals surface area contributed by atoms with E-state index in [4.69, 9.17) is 0 Å². The van der Waals surface area contributed by atoms with Crippen molar-refractivity contribution in [3.63, 3.8) is 0 Å². The van der Waals surface area contributed by atoms with Gasteiger partial charge >= 0.3 is 19.5 Å². The SMILES string of the molecule is CCCCCCCc1cccc(C(=O)[O-])c1.CCCCCCCc1cccc(C(=O)[O-])c1.[Zn+2]. The molecule has 4 nitrogen and oxygen atoms in total. The van der Waals surface area contributed by atoms with Gasteiger partial charge in [-0.2, -0.15) is 0 Å². The molecule has 0 unspecified atom stereocenters. The minimum absolute atomic E-state index is 0. The molecule has 0 radical (unpaired) electrons. The maximum absolute atomic E-state index is 10.7. The molecule has 33 heavy (non-hydrogen) atoms. The van der Waals surface area contributed by atoms with Gasteiger partial charge in [0.15, 0.2) is 0 Å². The fourth-order valence-corrected chi connectivity index (χ4v) is 3.57. The summed E-state index contributed by atoms with van der Waals surface area (Å²) >= 11 is 0. The zero-order valence-electron chi connectivity index (χ0n) is 20.4. The standard InChI is InChI=1S/2C14H20O2.Zn/c2*1-2-3-4-5-6-8-12-9-7-10-13(11-12)14(15)16;/h2*7,9-11H,2-6,8H2,1H3,(H,15,16);/q;;+2/p-2. The topological polar surface area (TPSA) is 80.3 Å². The van der Waals surface area contributed by atoms with Gasteiger partial charge in [-0.1, -0.05) is 102 Å². The summed E-state index contributed by atoms with van der Waals surface area (Å²) in [4.78, 5) is 21.3. The fourth-order valence-electron chi connectivity index (χ4n) is 3.57. The molecule has 2 rings (SSSR count). The number of carboxylic acids is 2. The van der Waals surface area contributed by atoms with Gasteiger partial charge in [-0.15, -0.1) is 0 Å². The van der Waals surface area contributed by atoms with Gasteiger partial charge in [0.2, 0.25) is 0 Å². The molecule has 0 saturated heterocycles. The van der Waals surface area contributed by atoms with Crippen molar-refractivity contribution >= 4 is 11.9 Å². The second kappa shape index (κ2) is 19.5. The Hall–Kier alpha value is -2.00. The van der Waals surface area contributed by atoms with Crippen molar-refractivity contribution < 1.29 is 39.3 Å². The van der Waals surface area contributed by atoms with E-state index in [1.807, 2.05) is 12.1 Å². The van der Waals surface area contributed by atoms with Crippen LogP contribution in [0.25, 0.3) is 0 Å². The van der Waals surface area contributed by atoms with E-state index in [0.717, 1.165) is 36.8 Å². The Balaban J connectivity index is 0.000000602. The number of hydrogen-bond donors (Lipinski definition) is 0. The van der Waals surface area contributed by atoms with E-state index in [1.54, 1.807) is 36.4 Å². The van der Waals surface area contributed by atoms with Gasteiger partial charge in [0.1, 0.15) is 0 Å². The molecule has 0 amide bonds. The first-order valence-corrected chi connectivity index (χ1v) is 12.1. The smallest absolute Gasteiger partial charge is 0.545 e. The van der Waals surface area contributed by atoms with Crippen molar-refractivity contribution in [3.8, 4) is 0 Å². The summed E-state index contributed by atoms with van der Waals surface area (Å²) in [5.74, 6) is -2.18. The average Bonchev–Trinajstić information content (AvgIpc) is 2.79. The third kappa shape index (κ3) is 14.7. The van der Waals surface area contributed by atoms with E-state index in [-0.39, 0.29) is 30.6 Å². The predicted molar refractivity (Wildman–Crippen MR) is 126 cm³/mol. The number of carbonyl (C=O) groups is 2. The average molecular weight is 504 g/mol. The molecule has 0 saturated carbocycles. The van der Waals surface area contributed by atoms with Crippen LogP contribution in [0.3, 0.4) is 0 Å². The van der Waals surface area contributed by atoms with E-state index in [9.17, 15) is 19.8 Å². The molecule has 0 aliphatic rings. The van der Waals surface area contributed by atoms with Crippen LogP contribution < -0.4 is 10.2 Å². The van der Waals surface area contributed by atoms with Gasteiger partial charge in [0.25, 0.3) is 0 Å². The van der Waals surface area contributed by atoms with Crippen molar-refractivity contribution in [1.82, 2.24) is 0 Å². The van der Waals surface area contributed by atoms with E-state index in [2.05, 4.69) is 13.8 Å². The van der Waals surface area contributed by atoms with Crippen molar-refractivity contribution in [2.45, 2.75) is 90.9 Å². The van der Waals surface area contributed by atoms with E-state index in [1.165, 1.54) is 51.4 Å². The Bertz CT molecular complexity index is 736. The summed E-state index contributed by atoms with van der Waals surface area (Å²) in [5, 5.41) is 21.3. The molecule has 2 aromatic carbocycles. The summed E-state index contributed by atoms with van der Waals surface area (Å²) in [6.45, 7) is 4.40. The molecule has 0 fully saturated rings. The molecule has 0 N–H and O–H groups in total. The number of aryl methyl sites for hydroxylation is 2. The maximum atomic E-state index is 10.7. The van der Waals surface area contributed by atoms with Crippen LogP contribution in [-0.4, -0.2) is 11.9 Å². The van der Waals surface area contributed by atoms with Crippen molar-refractivity contribution in [1.29, 1.82) is 0 Å². The Kier molecular flexibility index (Phi) is 18.3. The summed E-state index contributed by atoms with van der Waals surface area (Å²) in [6.07, 6.45) is 14.3. The Labute approximate surface area is 212 Å². The Morgan fingerprint density at radius 3 is 1.30 bits per heavy atom. The van der Waals surface area contributed by atoms with Crippen LogP contribution in [-0.2, 0) is 32.3 Å². The van der Waals surface area contributed by atoms with Crippen LogP contribution >= 0.6 is 0 Å². The van der Waals surface area contributed by atoms with Crippen LogP contribution in [0.1, 0.15) is 110 Å². The van der Waals surface area contributed by atoms with Gasteiger partial charge < -0.3 is 19.8 Å². The summed E-state index contributed by atoms with van der Waals surface area (Å²) < 4.78 is 0. The number of carbonyl (C=O) groups excluding carboxylic acids is 2. The second-order valence-electron chi connectivity index (χ2n) is 8.30. The van der Waals surface area contributed by atoms with Crippen molar-refractivity contribution in [3.05, 3.63) is 70.8 Å². The van der Waals surface area contributed by atoms with E-state index in [0.29, 0.717) is 0 Å².